The number of anilines is 1. The molecule has 0 bridgehead atoms. The van der Waals surface area contributed by atoms with Gasteiger partial charge in [0.2, 0.25) is 6.43 Å². The number of hydrogen-bond acceptors (Lipinski definition) is 6. The zero-order valence-electron chi connectivity index (χ0n) is 25.7. The zero-order chi connectivity index (χ0) is 32.0. The van der Waals surface area contributed by atoms with Gasteiger partial charge in [0.1, 0.15) is 11.7 Å². The van der Waals surface area contributed by atoms with Crippen molar-refractivity contribution in [3.05, 3.63) is 52.7 Å². The molecule has 1 aliphatic heterocycles. The monoisotopic (exact) mass is 616 g/mol. The summed E-state index contributed by atoms with van der Waals surface area (Å²) in [6.07, 6.45) is 4.06. The van der Waals surface area contributed by atoms with Crippen LogP contribution in [0.4, 0.5) is 27.8 Å². The molecule has 1 atom stereocenters. The zero-order valence-corrected chi connectivity index (χ0v) is 25.7. The van der Waals surface area contributed by atoms with E-state index >= 15 is 0 Å². The standard InChI is InChI=1S/C31H46F5N5O2/c1-5-23(3)25(12-13-26-11-9-17-37-24(26)4)10-7-8-19-40(20-15-27(32)33)21-16-30(6-2,22-42)39-28-14-18-38-29(41(28)43)31(34,35)36/h12-14,18,22,27,37,43H,5-11,15-17,19-21H2,1-4H3/p+1/b13-12-,25-23+. The Morgan fingerprint density at radius 1 is 1.23 bits per heavy atom. The molecule has 1 aromatic heterocycles. The summed E-state index contributed by atoms with van der Waals surface area (Å²) < 4.78 is 65.7. The Labute approximate surface area is 251 Å². The van der Waals surface area contributed by atoms with Crippen LogP contribution in [0.25, 0.3) is 0 Å². The summed E-state index contributed by atoms with van der Waals surface area (Å²) in [5, 5.41) is 16.3. The molecule has 2 rings (SSSR count). The minimum atomic E-state index is -4.90. The first-order valence-corrected chi connectivity index (χ1v) is 15.1. The fourth-order valence-electron chi connectivity index (χ4n) is 5.02. The third kappa shape index (κ3) is 11.5. The Kier molecular flexibility index (Phi) is 14.6. The van der Waals surface area contributed by atoms with E-state index in [0.29, 0.717) is 12.8 Å². The predicted octanol–water partition coefficient (Wildman–Crippen LogP) is 6.84. The number of aldehydes is 1. The van der Waals surface area contributed by atoms with Crippen molar-refractivity contribution in [2.24, 2.45) is 0 Å². The van der Waals surface area contributed by atoms with Gasteiger partial charge in [-0.3, -0.25) is 10.1 Å². The van der Waals surface area contributed by atoms with Gasteiger partial charge in [0, 0.05) is 44.2 Å². The summed E-state index contributed by atoms with van der Waals surface area (Å²) in [6, 6.07) is 1.14. The summed E-state index contributed by atoms with van der Waals surface area (Å²) in [7, 11) is 0. The van der Waals surface area contributed by atoms with Crippen molar-refractivity contribution in [3.8, 4) is 0 Å². The van der Waals surface area contributed by atoms with Crippen molar-refractivity contribution >= 4 is 12.1 Å². The van der Waals surface area contributed by atoms with Crippen molar-refractivity contribution < 1.29 is 36.7 Å². The van der Waals surface area contributed by atoms with Crippen LogP contribution in [0.3, 0.4) is 0 Å². The van der Waals surface area contributed by atoms with Gasteiger partial charge in [0.25, 0.3) is 5.82 Å². The van der Waals surface area contributed by atoms with E-state index in [2.05, 4.69) is 48.5 Å². The molecule has 0 fully saturated rings. The summed E-state index contributed by atoms with van der Waals surface area (Å²) in [6.45, 7) is 9.96. The molecule has 0 saturated carbocycles. The molecular formula is C31H47F5N5O2+. The Morgan fingerprint density at radius 3 is 2.58 bits per heavy atom. The summed E-state index contributed by atoms with van der Waals surface area (Å²) >= 11 is 0. The van der Waals surface area contributed by atoms with E-state index < -0.39 is 24.0 Å². The summed E-state index contributed by atoms with van der Waals surface area (Å²) in [5.41, 5.74) is 3.77. The third-order valence-electron chi connectivity index (χ3n) is 8.11. The first-order chi connectivity index (χ1) is 20.4. The molecule has 0 aromatic carbocycles. The van der Waals surface area contributed by atoms with Gasteiger partial charge < -0.3 is 15.4 Å². The van der Waals surface area contributed by atoms with Crippen LogP contribution >= 0.6 is 0 Å². The van der Waals surface area contributed by atoms with E-state index in [1.807, 2.05) is 4.90 Å². The average molecular weight is 617 g/mol. The quantitative estimate of drug-likeness (QED) is 0.0419. The molecule has 43 heavy (non-hydrogen) atoms. The topological polar surface area (TPSA) is 81.4 Å². The Hall–Kier alpha value is -3.02. The van der Waals surface area contributed by atoms with Crippen LogP contribution in [-0.2, 0) is 11.0 Å². The minimum absolute atomic E-state index is 0.122. The molecule has 1 aliphatic rings. The van der Waals surface area contributed by atoms with Gasteiger partial charge in [0.15, 0.2) is 6.29 Å². The van der Waals surface area contributed by atoms with Gasteiger partial charge in [-0.2, -0.15) is 13.2 Å². The van der Waals surface area contributed by atoms with Crippen LogP contribution in [0.15, 0.2) is 46.8 Å². The molecule has 1 unspecified atom stereocenters. The average Bonchev–Trinajstić information content (AvgIpc) is 2.97. The molecule has 0 spiro atoms. The highest BCUT2D eigenvalue weighted by Gasteiger charge is 2.44. The van der Waals surface area contributed by atoms with Gasteiger partial charge in [0.05, 0.1) is 0 Å². The summed E-state index contributed by atoms with van der Waals surface area (Å²) in [4.78, 5) is 17.3. The van der Waals surface area contributed by atoms with Gasteiger partial charge in [-0.25, -0.2) is 8.78 Å². The lowest BCUT2D eigenvalue weighted by Gasteiger charge is -2.30. The van der Waals surface area contributed by atoms with Crippen LogP contribution in [-0.4, -0.2) is 59.5 Å². The van der Waals surface area contributed by atoms with Crippen LogP contribution in [0.5, 0.6) is 0 Å². The fourth-order valence-corrected chi connectivity index (χ4v) is 5.02. The van der Waals surface area contributed by atoms with Crippen LogP contribution in [0.2, 0.25) is 0 Å². The molecule has 242 valence electrons. The van der Waals surface area contributed by atoms with E-state index in [4.69, 9.17) is 0 Å². The number of nitrogens with zero attached hydrogens (tertiary/aromatic N) is 3. The van der Waals surface area contributed by atoms with Crippen molar-refractivity contribution in [1.82, 2.24) is 15.2 Å². The molecule has 0 amide bonds. The number of hydrogen-bond donors (Lipinski definition) is 3. The molecule has 1 aromatic rings. The van der Waals surface area contributed by atoms with E-state index in [-0.39, 0.29) is 42.9 Å². The number of carbonyl (C=O) groups excluding carboxylic acids is 1. The Balaban J connectivity index is 2.08. The molecule has 7 nitrogen and oxygen atoms in total. The maximum absolute atomic E-state index is 13.2. The lowest BCUT2D eigenvalue weighted by Crippen LogP contribution is -2.50. The smallest absolute Gasteiger partial charge is 0.388 e. The highest BCUT2D eigenvalue weighted by Crippen LogP contribution is 2.27. The molecule has 2 heterocycles. The second kappa shape index (κ2) is 17.3. The molecule has 0 saturated heterocycles. The maximum atomic E-state index is 13.2. The van der Waals surface area contributed by atoms with Crippen molar-refractivity contribution in [3.63, 3.8) is 0 Å². The molecule has 0 aliphatic carbocycles. The Morgan fingerprint density at radius 2 is 1.98 bits per heavy atom. The SMILES string of the molecule is CC/C(C)=C(/C=C\C1=C(C)NCCC1)CCCCN(CCC(F)F)CCC(C=O)(CC)Nc1ccnc(C(F)(F)F)[n+]1O. The van der Waals surface area contributed by atoms with Crippen LogP contribution in [0, 0.1) is 0 Å². The third-order valence-corrected chi connectivity index (χ3v) is 8.11. The molecule has 3 N–H and O–H groups in total. The predicted molar refractivity (Wildman–Crippen MR) is 157 cm³/mol. The largest absolute Gasteiger partial charge is 0.485 e. The molecule has 12 heteroatoms. The first-order valence-electron chi connectivity index (χ1n) is 15.1. The van der Waals surface area contributed by atoms with Crippen molar-refractivity contribution in [2.75, 3.05) is 31.5 Å². The van der Waals surface area contributed by atoms with Gasteiger partial charge >= 0.3 is 12.0 Å². The second-order valence-corrected chi connectivity index (χ2v) is 11.1. The van der Waals surface area contributed by atoms with E-state index in [1.165, 1.54) is 22.4 Å². The number of carbonyl (C=O) groups is 1. The van der Waals surface area contributed by atoms with Crippen LogP contribution in [0.1, 0.15) is 91.3 Å². The number of alkyl halides is 5. The summed E-state index contributed by atoms with van der Waals surface area (Å²) in [5.74, 6) is -1.88. The number of unbranched alkanes of at least 4 members (excludes halogenated alkanes) is 1. The van der Waals surface area contributed by atoms with E-state index in [0.717, 1.165) is 57.3 Å². The highest BCUT2D eigenvalue weighted by atomic mass is 19.4. The maximum Gasteiger partial charge on any atom is 0.485 e. The second-order valence-electron chi connectivity index (χ2n) is 11.1. The lowest BCUT2D eigenvalue weighted by atomic mass is 9.93. The van der Waals surface area contributed by atoms with E-state index in [9.17, 15) is 32.0 Å². The fraction of sp³-hybridized carbons (Fsp3) is 0.645. The van der Waals surface area contributed by atoms with Gasteiger partial charge in [-0.1, -0.05) is 31.6 Å². The van der Waals surface area contributed by atoms with E-state index in [1.54, 1.807) is 6.92 Å². The Bertz CT molecular complexity index is 1140. The number of halogens is 5. The minimum Gasteiger partial charge on any atom is -0.388 e. The van der Waals surface area contributed by atoms with Gasteiger partial charge in [-0.15, -0.1) is 4.98 Å². The molecular weight excluding hydrogens is 569 g/mol. The number of nitrogens with one attached hydrogen (secondary N) is 2. The highest BCUT2D eigenvalue weighted by molar-refractivity contribution is 5.69. The van der Waals surface area contributed by atoms with Crippen molar-refractivity contribution in [2.45, 2.75) is 104 Å². The molecule has 0 radical (unpaired) electrons. The lowest BCUT2D eigenvalue weighted by molar-refractivity contribution is -0.906. The van der Waals surface area contributed by atoms with Crippen LogP contribution < -0.4 is 15.4 Å². The van der Waals surface area contributed by atoms with Crippen molar-refractivity contribution in [1.29, 1.82) is 0 Å². The normalized spacial score (nSPS) is 16.4. The number of aromatic nitrogens is 2. The number of rotatable bonds is 18. The first kappa shape index (κ1) is 36.2. The van der Waals surface area contributed by atoms with Gasteiger partial charge in [-0.05, 0) is 81.2 Å². The number of allylic oxidation sites excluding steroid dienone is 6.